The average Bonchev–Trinajstić information content (AvgIpc) is 3.47. The molecule has 0 unspecified atom stereocenters. The zero-order valence-electron chi connectivity index (χ0n) is 27.3. The van der Waals surface area contributed by atoms with E-state index in [4.69, 9.17) is 13.9 Å². The summed E-state index contributed by atoms with van der Waals surface area (Å²) < 4.78 is 22.3. The second kappa shape index (κ2) is 14.9. The van der Waals surface area contributed by atoms with E-state index in [0.717, 1.165) is 16.6 Å². The minimum atomic E-state index is -2.82. The van der Waals surface area contributed by atoms with Crippen LogP contribution in [0.15, 0.2) is 107 Å². The molecule has 1 fully saturated rings. The van der Waals surface area contributed by atoms with Gasteiger partial charge in [0.1, 0.15) is 13.0 Å². The van der Waals surface area contributed by atoms with Gasteiger partial charge in [0.25, 0.3) is 13.9 Å². The molecule has 8 nitrogen and oxygen atoms in total. The molecule has 0 aliphatic carbocycles. The predicted molar refractivity (Wildman–Crippen MR) is 183 cm³/mol. The van der Waals surface area contributed by atoms with Crippen LogP contribution in [0, 0.1) is 12.8 Å². The molecule has 0 saturated carbocycles. The van der Waals surface area contributed by atoms with E-state index in [9.17, 15) is 14.7 Å². The Bertz CT molecular complexity index is 1630. The van der Waals surface area contributed by atoms with Crippen LogP contribution in [0.25, 0.3) is 0 Å². The molecule has 1 aromatic heterocycles. The molecule has 244 valence electrons. The van der Waals surface area contributed by atoms with E-state index in [1.54, 1.807) is 13.1 Å². The predicted octanol–water partition coefficient (Wildman–Crippen LogP) is 4.75. The molecule has 46 heavy (non-hydrogen) atoms. The van der Waals surface area contributed by atoms with Gasteiger partial charge in [-0.3, -0.25) is 9.36 Å². The highest BCUT2D eigenvalue weighted by Crippen LogP contribution is 2.40. The highest BCUT2D eigenvalue weighted by Gasteiger charge is 2.51. The van der Waals surface area contributed by atoms with Gasteiger partial charge in [0.05, 0.1) is 19.3 Å². The first-order chi connectivity index (χ1) is 22.2. The summed E-state index contributed by atoms with van der Waals surface area (Å²) >= 11 is 0. The number of benzene rings is 3. The van der Waals surface area contributed by atoms with Crippen molar-refractivity contribution >= 4 is 18.7 Å². The molecule has 4 aromatic rings. The molecule has 1 saturated heterocycles. The molecule has 1 N–H and O–H groups in total. The Labute approximate surface area is 272 Å². The van der Waals surface area contributed by atoms with Crippen LogP contribution in [0.5, 0.6) is 0 Å². The monoisotopic (exact) mass is 642 g/mol. The quantitative estimate of drug-likeness (QED) is 0.212. The molecule has 2 heterocycles. The Balaban J connectivity index is 1.43. The number of hydrogen-bond acceptors (Lipinski definition) is 6. The number of aliphatic hydroxyl groups is 1. The van der Waals surface area contributed by atoms with Crippen molar-refractivity contribution in [2.75, 3.05) is 13.2 Å². The van der Waals surface area contributed by atoms with E-state index < -0.39 is 20.2 Å². The first-order valence-electron chi connectivity index (χ1n) is 16.1. The third-order valence-electron chi connectivity index (χ3n) is 8.99. The largest absolute Gasteiger partial charge is 0.405 e. The first-order valence-corrected chi connectivity index (χ1v) is 18.0. The maximum atomic E-state index is 13.7. The second-order valence-electron chi connectivity index (χ2n) is 13.2. The molecule has 3 aromatic carbocycles. The summed E-state index contributed by atoms with van der Waals surface area (Å²) in [6, 6.07) is 30.6. The summed E-state index contributed by atoms with van der Waals surface area (Å²) in [5, 5.41) is 11.9. The van der Waals surface area contributed by atoms with Crippen LogP contribution in [-0.2, 0) is 27.2 Å². The zero-order valence-corrected chi connectivity index (χ0v) is 28.3. The van der Waals surface area contributed by atoms with Crippen LogP contribution in [-0.4, -0.2) is 41.9 Å². The third-order valence-corrected chi connectivity index (χ3v) is 14.0. The fourth-order valence-electron chi connectivity index (χ4n) is 6.67. The molecule has 0 spiro atoms. The Morgan fingerprint density at radius 1 is 0.913 bits per heavy atom. The summed E-state index contributed by atoms with van der Waals surface area (Å²) in [7, 11) is -2.82. The van der Waals surface area contributed by atoms with E-state index in [1.165, 1.54) is 14.9 Å². The van der Waals surface area contributed by atoms with Crippen LogP contribution in [0.4, 0.5) is 0 Å². The standard InChI is InChI=1S/C37H46N2O6Si/c1-28-24-38(36(42)39(35(28)41)27-43-25-29-15-8-5-9-16-29)34-23-30(17-14-22-40)33(45-34)26-44-46(37(2,3)4,31-18-10-6-11-19-31)32-20-12-7-13-21-32/h5-13,15-16,18-21,24,30,33-34,40H,14,17,22-23,25-27H2,1-4H3/t30-,33+,34+/m0/s1. The van der Waals surface area contributed by atoms with Crippen molar-refractivity contribution in [2.24, 2.45) is 5.92 Å². The zero-order chi connectivity index (χ0) is 32.7. The van der Waals surface area contributed by atoms with E-state index in [0.29, 0.717) is 25.0 Å². The highest BCUT2D eigenvalue weighted by atomic mass is 28.4. The van der Waals surface area contributed by atoms with Gasteiger partial charge >= 0.3 is 5.69 Å². The second-order valence-corrected chi connectivity index (χ2v) is 17.5. The van der Waals surface area contributed by atoms with Crippen LogP contribution in [0.3, 0.4) is 0 Å². The summed E-state index contributed by atoms with van der Waals surface area (Å²) in [4.78, 5) is 26.7. The SMILES string of the molecule is Cc1cn([C@H]2C[C@H](CCCO)[C@@H](CO[Si](c3ccccc3)(c3ccccc3)C(C)(C)C)O2)c(=O)n(COCc2ccccc2)c1=O. The summed E-state index contributed by atoms with van der Waals surface area (Å²) in [6.45, 7) is 8.97. The van der Waals surface area contributed by atoms with Crippen LogP contribution >= 0.6 is 0 Å². The molecule has 3 atom stereocenters. The van der Waals surface area contributed by atoms with Crippen LogP contribution in [0.1, 0.15) is 57.4 Å². The number of rotatable bonds is 13. The maximum Gasteiger partial charge on any atom is 0.335 e. The van der Waals surface area contributed by atoms with E-state index in [2.05, 4.69) is 69.3 Å². The lowest BCUT2D eigenvalue weighted by Gasteiger charge is -2.43. The van der Waals surface area contributed by atoms with Crippen molar-refractivity contribution < 1.29 is 19.0 Å². The maximum absolute atomic E-state index is 13.7. The van der Waals surface area contributed by atoms with E-state index in [-0.39, 0.29) is 42.6 Å². The molecule has 9 heteroatoms. The smallest absolute Gasteiger partial charge is 0.335 e. The van der Waals surface area contributed by atoms with Crippen molar-refractivity contribution in [3.8, 4) is 0 Å². The summed E-state index contributed by atoms with van der Waals surface area (Å²) in [5.74, 6) is 0.0530. The normalized spacial score (nSPS) is 18.6. The molecule has 5 rings (SSSR count). The molecular weight excluding hydrogens is 597 g/mol. The minimum absolute atomic E-state index is 0.0530. The average molecular weight is 643 g/mol. The van der Waals surface area contributed by atoms with Crippen LogP contribution in [0.2, 0.25) is 5.04 Å². The summed E-state index contributed by atoms with van der Waals surface area (Å²) in [6.07, 6.45) is 2.63. The Morgan fingerprint density at radius 3 is 2.07 bits per heavy atom. The van der Waals surface area contributed by atoms with Crippen LogP contribution < -0.4 is 21.6 Å². The van der Waals surface area contributed by atoms with Crippen molar-refractivity contribution in [1.82, 2.24) is 9.13 Å². The number of aliphatic hydroxyl groups excluding tert-OH is 1. The topological polar surface area (TPSA) is 91.9 Å². The molecule has 1 aliphatic rings. The van der Waals surface area contributed by atoms with Gasteiger partial charge in [-0.05, 0) is 53.1 Å². The number of ether oxygens (including phenoxy) is 2. The number of hydrogen-bond donors (Lipinski definition) is 1. The molecule has 0 bridgehead atoms. The Morgan fingerprint density at radius 2 is 1.50 bits per heavy atom. The Hall–Kier alpha value is -3.60. The van der Waals surface area contributed by atoms with E-state index >= 15 is 0 Å². The van der Waals surface area contributed by atoms with Gasteiger partial charge in [-0.1, -0.05) is 112 Å². The fraction of sp³-hybridized carbons (Fsp3) is 0.405. The third kappa shape index (κ3) is 7.19. The molecule has 1 aliphatic heterocycles. The van der Waals surface area contributed by atoms with Crippen molar-refractivity contribution in [3.05, 3.63) is 129 Å². The van der Waals surface area contributed by atoms with Crippen molar-refractivity contribution in [1.29, 1.82) is 0 Å². The Kier molecular flexibility index (Phi) is 10.9. The molecule has 0 amide bonds. The lowest BCUT2D eigenvalue weighted by Crippen LogP contribution is -2.67. The van der Waals surface area contributed by atoms with Gasteiger partial charge < -0.3 is 19.0 Å². The minimum Gasteiger partial charge on any atom is -0.405 e. The summed E-state index contributed by atoms with van der Waals surface area (Å²) in [5.41, 5.74) is 0.544. The number of nitrogens with zero attached hydrogens (tertiary/aromatic N) is 2. The van der Waals surface area contributed by atoms with Crippen molar-refractivity contribution in [3.63, 3.8) is 0 Å². The molecular formula is C37H46N2O6Si. The number of aromatic nitrogens is 2. The van der Waals surface area contributed by atoms with Gasteiger partial charge in [0.2, 0.25) is 0 Å². The van der Waals surface area contributed by atoms with Crippen molar-refractivity contribution in [2.45, 2.75) is 77.7 Å². The van der Waals surface area contributed by atoms with Gasteiger partial charge in [-0.15, -0.1) is 0 Å². The van der Waals surface area contributed by atoms with Gasteiger partial charge in [0, 0.05) is 18.4 Å². The first kappa shape index (κ1) is 33.8. The molecule has 0 radical (unpaired) electrons. The number of aryl methyl sites for hydroxylation is 1. The lowest BCUT2D eigenvalue weighted by atomic mass is 9.96. The van der Waals surface area contributed by atoms with Gasteiger partial charge in [-0.2, -0.15) is 0 Å². The van der Waals surface area contributed by atoms with Gasteiger partial charge in [-0.25, -0.2) is 9.36 Å². The van der Waals surface area contributed by atoms with E-state index in [1.807, 2.05) is 42.5 Å². The lowest BCUT2D eigenvalue weighted by molar-refractivity contribution is -0.0322. The fourth-order valence-corrected chi connectivity index (χ4v) is 11.2. The van der Waals surface area contributed by atoms with Gasteiger partial charge in [0.15, 0.2) is 0 Å². The highest BCUT2D eigenvalue weighted by molar-refractivity contribution is 6.99.